The summed E-state index contributed by atoms with van der Waals surface area (Å²) in [4.78, 5) is 24.9. The molecule has 1 aliphatic heterocycles. The SMILES string of the molecule is COc1ccc(-c2nc3ccccc3c(=O)[nH]2)c(N(C)C2CCN(C)CC2)c1. The average Bonchev–Trinajstić information content (AvgIpc) is 2.73. The van der Waals surface area contributed by atoms with E-state index in [2.05, 4.69) is 28.9 Å². The van der Waals surface area contributed by atoms with Crippen molar-refractivity contribution >= 4 is 16.6 Å². The highest BCUT2D eigenvalue weighted by atomic mass is 16.5. The van der Waals surface area contributed by atoms with Gasteiger partial charge in [0.25, 0.3) is 5.56 Å². The molecule has 0 bridgehead atoms. The third-order valence-electron chi connectivity index (χ3n) is 5.69. The second-order valence-corrected chi connectivity index (χ2v) is 7.46. The van der Waals surface area contributed by atoms with Crippen molar-refractivity contribution < 1.29 is 4.74 Å². The Morgan fingerprint density at radius 3 is 2.68 bits per heavy atom. The quantitative estimate of drug-likeness (QED) is 0.756. The highest BCUT2D eigenvalue weighted by Crippen LogP contribution is 2.34. The van der Waals surface area contributed by atoms with Crippen molar-refractivity contribution in [2.75, 3.05) is 39.2 Å². The topological polar surface area (TPSA) is 61.5 Å². The monoisotopic (exact) mass is 378 g/mol. The van der Waals surface area contributed by atoms with Crippen molar-refractivity contribution in [3.63, 3.8) is 0 Å². The number of aromatic amines is 1. The van der Waals surface area contributed by atoms with Gasteiger partial charge in [0.2, 0.25) is 0 Å². The van der Waals surface area contributed by atoms with Crippen LogP contribution in [-0.4, -0.2) is 55.2 Å². The zero-order valence-electron chi connectivity index (χ0n) is 16.6. The van der Waals surface area contributed by atoms with Crippen molar-refractivity contribution in [2.24, 2.45) is 0 Å². The van der Waals surface area contributed by atoms with Crippen LogP contribution in [0.2, 0.25) is 0 Å². The molecule has 0 unspecified atom stereocenters. The van der Waals surface area contributed by atoms with Gasteiger partial charge in [0, 0.05) is 24.7 Å². The summed E-state index contributed by atoms with van der Waals surface area (Å²) in [5.74, 6) is 1.38. The highest BCUT2D eigenvalue weighted by molar-refractivity contribution is 5.82. The molecule has 0 saturated carbocycles. The lowest BCUT2D eigenvalue weighted by atomic mass is 10.0. The fourth-order valence-corrected chi connectivity index (χ4v) is 3.92. The second kappa shape index (κ2) is 7.64. The van der Waals surface area contributed by atoms with Gasteiger partial charge in [0.1, 0.15) is 11.6 Å². The van der Waals surface area contributed by atoms with Crippen molar-refractivity contribution in [1.82, 2.24) is 14.9 Å². The zero-order valence-corrected chi connectivity index (χ0v) is 16.6. The molecule has 1 N–H and O–H groups in total. The van der Waals surface area contributed by atoms with E-state index in [4.69, 9.17) is 9.72 Å². The number of piperidine rings is 1. The maximum atomic E-state index is 12.6. The largest absolute Gasteiger partial charge is 0.497 e. The molecule has 146 valence electrons. The van der Waals surface area contributed by atoms with Gasteiger partial charge in [0.05, 0.1) is 23.7 Å². The molecular weight excluding hydrogens is 352 g/mol. The van der Waals surface area contributed by atoms with E-state index in [1.807, 2.05) is 36.4 Å². The van der Waals surface area contributed by atoms with Gasteiger partial charge in [-0.3, -0.25) is 4.79 Å². The molecule has 1 saturated heterocycles. The number of hydrogen-bond acceptors (Lipinski definition) is 5. The van der Waals surface area contributed by atoms with Gasteiger partial charge in [-0.2, -0.15) is 0 Å². The summed E-state index contributed by atoms with van der Waals surface area (Å²) < 4.78 is 5.47. The Labute approximate surface area is 164 Å². The maximum absolute atomic E-state index is 12.6. The molecule has 6 nitrogen and oxygen atoms in total. The Balaban J connectivity index is 1.80. The lowest BCUT2D eigenvalue weighted by molar-refractivity contribution is 0.253. The van der Waals surface area contributed by atoms with Crippen LogP contribution in [-0.2, 0) is 0 Å². The molecule has 1 aromatic heterocycles. The van der Waals surface area contributed by atoms with Crippen LogP contribution in [0, 0.1) is 0 Å². The Morgan fingerprint density at radius 1 is 1.18 bits per heavy atom. The molecule has 2 aromatic carbocycles. The number of fused-ring (bicyclic) bond motifs is 1. The minimum Gasteiger partial charge on any atom is -0.497 e. The summed E-state index contributed by atoms with van der Waals surface area (Å²) in [6, 6.07) is 13.8. The first kappa shape index (κ1) is 18.5. The zero-order chi connectivity index (χ0) is 19.7. The molecule has 0 spiro atoms. The molecule has 1 aliphatic rings. The third-order valence-corrected chi connectivity index (χ3v) is 5.69. The van der Waals surface area contributed by atoms with Crippen molar-refractivity contribution in [2.45, 2.75) is 18.9 Å². The molecule has 3 aromatic rings. The molecule has 0 radical (unpaired) electrons. The van der Waals surface area contributed by atoms with Crippen LogP contribution in [0.1, 0.15) is 12.8 Å². The number of hydrogen-bond donors (Lipinski definition) is 1. The number of para-hydroxylation sites is 1. The first-order valence-corrected chi connectivity index (χ1v) is 9.65. The van der Waals surface area contributed by atoms with E-state index in [-0.39, 0.29) is 5.56 Å². The van der Waals surface area contributed by atoms with E-state index in [9.17, 15) is 4.79 Å². The number of anilines is 1. The number of ether oxygens (including phenoxy) is 1. The predicted molar refractivity (Wildman–Crippen MR) is 113 cm³/mol. The van der Waals surface area contributed by atoms with Crippen LogP contribution in [0.4, 0.5) is 5.69 Å². The third kappa shape index (κ3) is 3.47. The number of likely N-dealkylation sites (tertiary alicyclic amines) is 1. The molecule has 0 aliphatic carbocycles. The number of aromatic nitrogens is 2. The van der Waals surface area contributed by atoms with Gasteiger partial charge in [-0.15, -0.1) is 0 Å². The lowest BCUT2D eigenvalue weighted by Gasteiger charge is -2.37. The van der Waals surface area contributed by atoms with Crippen LogP contribution in [0.15, 0.2) is 47.3 Å². The van der Waals surface area contributed by atoms with Crippen molar-refractivity contribution in [3.8, 4) is 17.1 Å². The summed E-state index contributed by atoms with van der Waals surface area (Å²) in [6.45, 7) is 2.17. The van der Waals surface area contributed by atoms with Gasteiger partial charge < -0.3 is 19.5 Å². The Bertz CT molecular complexity index is 1040. The average molecular weight is 378 g/mol. The molecular formula is C22H26N4O2. The van der Waals surface area contributed by atoms with Crippen LogP contribution < -0.4 is 15.2 Å². The van der Waals surface area contributed by atoms with E-state index in [0.29, 0.717) is 22.8 Å². The first-order chi connectivity index (χ1) is 13.6. The lowest BCUT2D eigenvalue weighted by Crippen LogP contribution is -2.42. The molecule has 28 heavy (non-hydrogen) atoms. The van der Waals surface area contributed by atoms with Gasteiger partial charge >= 0.3 is 0 Å². The predicted octanol–water partition coefficient (Wildman–Crippen LogP) is 3.13. The number of methoxy groups -OCH3 is 1. The fourth-order valence-electron chi connectivity index (χ4n) is 3.92. The summed E-state index contributed by atoms with van der Waals surface area (Å²) >= 11 is 0. The van der Waals surface area contributed by atoms with Gasteiger partial charge in [0.15, 0.2) is 0 Å². The minimum atomic E-state index is -0.121. The normalized spacial score (nSPS) is 15.7. The number of H-pyrrole nitrogens is 1. The van der Waals surface area contributed by atoms with Crippen LogP contribution in [0.25, 0.3) is 22.3 Å². The summed E-state index contributed by atoms with van der Waals surface area (Å²) in [5, 5.41) is 0.602. The smallest absolute Gasteiger partial charge is 0.259 e. The van der Waals surface area contributed by atoms with Crippen molar-refractivity contribution in [3.05, 3.63) is 52.8 Å². The van der Waals surface area contributed by atoms with Gasteiger partial charge in [-0.25, -0.2) is 4.98 Å². The van der Waals surface area contributed by atoms with Gasteiger partial charge in [-0.05, 0) is 57.2 Å². The van der Waals surface area contributed by atoms with E-state index in [1.165, 1.54) is 0 Å². The highest BCUT2D eigenvalue weighted by Gasteiger charge is 2.24. The summed E-state index contributed by atoms with van der Waals surface area (Å²) in [7, 11) is 5.95. The van der Waals surface area contributed by atoms with Crippen LogP contribution in [0.3, 0.4) is 0 Å². The molecule has 6 heteroatoms. The minimum absolute atomic E-state index is 0.121. The van der Waals surface area contributed by atoms with Crippen molar-refractivity contribution in [1.29, 1.82) is 0 Å². The standard InChI is InChI=1S/C22H26N4O2/c1-25-12-10-15(11-13-25)26(2)20-14-16(28-3)8-9-18(20)21-23-19-7-5-4-6-17(19)22(27)24-21/h4-9,14-15H,10-13H2,1-3H3,(H,23,24,27). The Kier molecular flexibility index (Phi) is 5.05. The molecule has 1 fully saturated rings. The first-order valence-electron chi connectivity index (χ1n) is 9.65. The van der Waals surface area contributed by atoms with Gasteiger partial charge in [-0.1, -0.05) is 12.1 Å². The summed E-state index contributed by atoms with van der Waals surface area (Å²) in [6.07, 6.45) is 2.20. The van der Waals surface area contributed by atoms with E-state index in [1.54, 1.807) is 13.2 Å². The number of benzene rings is 2. The van der Waals surface area contributed by atoms with E-state index in [0.717, 1.165) is 42.9 Å². The maximum Gasteiger partial charge on any atom is 0.259 e. The van der Waals surface area contributed by atoms with E-state index >= 15 is 0 Å². The second-order valence-electron chi connectivity index (χ2n) is 7.46. The molecule has 4 rings (SSSR count). The molecule has 0 atom stereocenters. The number of nitrogens with one attached hydrogen (secondary N) is 1. The Morgan fingerprint density at radius 2 is 1.93 bits per heavy atom. The molecule has 2 heterocycles. The molecule has 0 amide bonds. The van der Waals surface area contributed by atoms with Crippen LogP contribution >= 0.6 is 0 Å². The number of rotatable bonds is 4. The summed E-state index contributed by atoms with van der Waals surface area (Å²) in [5.41, 5.74) is 2.51. The van der Waals surface area contributed by atoms with Crippen LogP contribution in [0.5, 0.6) is 5.75 Å². The fraction of sp³-hybridized carbons (Fsp3) is 0.364. The number of nitrogens with zero attached hydrogens (tertiary/aromatic N) is 3. The van der Waals surface area contributed by atoms with E-state index < -0.39 is 0 Å². The Hall–Kier alpha value is -2.86.